The second-order valence-electron chi connectivity index (χ2n) is 5.70. The highest BCUT2D eigenvalue weighted by molar-refractivity contribution is 5.81. The average molecular weight is 287 g/mol. The van der Waals surface area contributed by atoms with Crippen molar-refractivity contribution in [2.75, 3.05) is 20.3 Å². The predicted molar refractivity (Wildman–Crippen MR) is 78.4 cm³/mol. The SMILES string of the molecule is CCOC(=O)N(C)C(C(=O)OCCCC(C)C)C(C)C. The molecule has 1 atom stereocenters. The van der Waals surface area contributed by atoms with Gasteiger partial charge in [0.15, 0.2) is 0 Å². The summed E-state index contributed by atoms with van der Waals surface area (Å²) in [6, 6.07) is -0.604. The van der Waals surface area contributed by atoms with Crippen molar-refractivity contribution in [1.82, 2.24) is 4.90 Å². The van der Waals surface area contributed by atoms with Crippen molar-refractivity contribution in [3.05, 3.63) is 0 Å². The second kappa shape index (κ2) is 9.61. The number of rotatable bonds is 8. The lowest BCUT2D eigenvalue weighted by Gasteiger charge is -2.28. The maximum Gasteiger partial charge on any atom is 0.410 e. The van der Waals surface area contributed by atoms with Gasteiger partial charge in [-0.05, 0) is 31.6 Å². The third-order valence-electron chi connectivity index (χ3n) is 3.02. The van der Waals surface area contributed by atoms with E-state index in [-0.39, 0.29) is 18.5 Å². The highest BCUT2D eigenvalue weighted by atomic mass is 16.6. The first-order valence-electron chi connectivity index (χ1n) is 7.37. The highest BCUT2D eigenvalue weighted by Gasteiger charge is 2.31. The van der Waals surface area contributed by atoms with E-state index in [0.29, 0.717) is 12.5 Å². The van der Waals surface area contributed by atoms with Crippen LogP contribution in [0.5, 0.6) is 0 Å². The molecular formula is C15H29NO4. The Balaban J connectivity index is 4.43. The van der Waals surface area contributed by atoms with E-state index in [0.717, 1.165) is 12.8 Å². The molecule has 0 radical (unpaired) electrons. The molecule has 0 aromatic heterocycles. The lowest BCUT2D eigenvalue weighted by Crippen LogP contribution is -2.46. The zero-order chi connectivity index (χ0) is 15.7. The zero-order valence-corrected chi connectivity index (χ0v) is 13.6. The standard InChI is InChI=1S/C15H29NO4/c1-7-19-15(18)16(6)13(12(4)5)14(17)20-10-8-9-11(2)3/h11-13H,7-10H2,1-6H3. The third kappa shape index (κ3) is 6.78. The van der Waals surface area contributed by atoms with Crippen LogP contribution in [0.1, 0.15) is 47.5 Å². The largest absolute Gasteiger partial charge is 0.464 e. The topological polar surface area (TPSA) is 55.8 Å². The molecule has 20 heavy (non-hydrogen) atoms. The summed E-state index contributed by atoms with van der Waals surface area (Å²) in [5.41, 5.74) is 0. The van der Waals surface area contributed by atoms with E-state index in [1.165, 1.54) is 4.90 Å². The summed E-state index contributed by atoms with van der Waals surface area (Å²) < 4.78 is 10.2. The molecule has 0 bridgehead atoms. The molecule has 0 heterocycles. The third-order valence-corrected chi connectivity index (χ3v) is 3.02. The Morgan fingerprint density at radius 3 is 2.15 bits per heavy atom. The Bertz CT molecular complexity index is 302. The van der Waals surface area contributed by atoms with Gasteiger partial charge in [0.2, 0.25) is 0 Å². The van der Waals surface area contributed by atoms with E-state index >= 15 is 0 Å². The van der Waals surface area contributed by atoms with Gasteiger partial charge < -0.3 is 9.47 Å². The van der Waals surface area contributed by atoms with Crippen LogP contribution in [-0.2, 0) is 14.3 Å². The summed E-state index contributed by atoms with van der Waals surface area (Å²) >= 11 is 0. The van der Waals surface area contributed by atoms with E-state index in [4.69, 9.17) is 9.47 Å². The number of esters is 1. The summed E-state index contributed by atoms with van der Waals surface area (Å²) in [4.78, 5) is 25.1. The molecule has 0 aliphatic rings. The van der Waals surface area contributed by atoms with Crippen molar-refractivity contribution >= 4 is 12.1 Å². The van der Waals surface area contributed by atoms with E-state index in [2.05, 4.69) is 13.8 Å². The van der Waals surface area contributed by atoms with Crippen molar-refractivity contribution in [2.45, 2.75) is 53.5 Å². The summed E-state index contributed by atoms with van der Waals surface area (Å²) in [5.74, 6) is 0.207. The average Bonchev–Trinajstić information content (AvgIpc) is 2.34. The Labute approximate surface area is 122 Å². The summed E-state index contributed by atoms with van der Waals surface area (Å²) in [5, 5.41) is 0. The van der Waals surface area contributed by atoms with Crippen LogP contribution in [0.3, 0.4) is 0 Å². The molecule has 0 aliphatic heterocycles. The number of ether oxygens (including phenoxy) is 2. The molecule has 0 saturated heterocycles. The predicted octanol–water partition coefficient (Wildman–Crippen LogP) is 3.08. The normalized spacial score (nSPS) is 12.4. The number of nitrogens with zero attached hydrogens (tertiary/aromatic N) is 1. The molecule has 1 unspecified atom stereocenters. The van der Waals surface area contributed by atoms with Crippen LogP contribution in [-0.4, -0.2) is 43.3 Å². The Hall–Kier alpha value is -1.26. The van der Waals surface area contributed by atoms with Gasteiger partial charge in [-0.3, -0.25) is 4.90 Å². The molecule has 5 heteroatoms. The molecule has 0 rings (SSSR count). The first-order valence-corrected chi connectivity index (χ1v) is 7.37. The molecule has 118 valence electrons. The van der Waals surface area contributed by atoms with Crippen LogP contribution in [0.2, 0.25) is 0 Å². The van der Waals surface area contributed by atoms with Crippen LogP contribution in [0.4, 0.5) is 4.79 Å². The Kier molecular flexibility index (Phi) is 9.01. The van der Waals surface area contributed by atoms with Crippen LogP contribution in [0.15, 0.2) is 0 Å². The van der Waals surface area contributed by atoms with Gasteiger partial charge in [-0.25, -0.2) is 9.59 Å². The molecule has 1 amide bonds. The number of carbonyl (C=O) groups is 2. The van der Waals surface area contributed by atoms with Crippen LogP contribution >= 0.6 is 0 Å². The lowest BCUT2D eigenvalue weighted by atomic mass is 10.0. The monoisotopic (exact) mass is 287 g/mol. The van der Waals surface area contributed by atoms with Gasteiger partial charge in [-0.15, -0.1) is 0 Å². The quantitative estimate of drug-likeness (QED) is 0.508. The number of carbonyl (C=O) groups excluding carboxylic acids is 2. The number of hydrogen-bond donors (Lipinski definition) is 0. The smallest absolute Gasteiger partial charge is 0.410 e. The summed E-state index contributed by atoms with van der Waals surface area (Å²) in [6.45, 7) is 10.5. The molecule has 0 aromatic rings. The summed E-state index contributed by atoms with van der Waals surface area (Å²) in [7, 11) is 1.57. The molecule has 5 nitrogen and oxygen atoms in total. The second-order valence-corrected chi connectivity index (χ2v) is 5.70. The van der Waals surface area contributed by atoms with Crippen molar-refractivity contribution in [2.24, 2.45) is 11.8 Å². The van der Waals surface area contributed by atoms with Crippen molar-refractivity contribution < 1.29 is 19.1 Å². The maximum absolute atomic E-state index is 12.1. The minimum Gasteiger partial charge on any atom is -0.464 e. The maximum atomic E-state index is 12.1. The van der Waals surface area contributed by atoms with E-state index in [1.807, 2.05) is 13.8 Å². The molecular weight excluding hydrogens is 258 g/mol. The molecule has 0 fully saturated rings. The van der Waals surface area contributed by atoms with E-state index in [9.17, 15) is 9.59 Å². The molecule has 0 N–H and O–H groups in total. The van der Waals surface area contributed by atoms with E-state index in [1.54, 1.807) is 14.0 Å². The highest BCUT2D eigenvalue weighted by Crippen LogP contribution is 2.13. The van der Waals surface area contributed by atoms with Gasteiger partial charge in [0.25, 0.3) is 0 Å². The van der Waals surface area contributed by atoms with Crippen LogP contribution in [0.25, 0.3) is 0 Å². The Morgan fingerprint density at radius 1 is 1.10 bits per heavy atom. The fraction of sp³-hybridized carbons (Fsp3) is 0.867. The first kappa shape index (κ1) is 18.7. The number of likely N-dealkylation sites (N-methyl/N-ethyl adjacent to an activating group) is 1. The molecule has 0 aliphatic carbocycles. The van der Waals surface area contributed by atoms with Crippen molar-refractivity contribution in [1.29, 1.82) is 0 Å². The lowest BCUT2D eigenvalue weighted by molar-refractivity contribution is -0.150. The fourth-order valence-corrected chi connectivity index (χ4v) is 1.97. The van der Waals surface area contributed by atoms with Crippen molar-refractivity contribution in [3.8, 4) is 0 Å². The number of amides is 1. The molecule has 0 spiro atoms. The Morgan fingerprint density at radius 2 is 1.70 bits per heavy atom. The minimum absolute atomic E-state index is 0.0259. The van der Waals surface area contributed by atoms with Crippen LogP contribution in [0, 0.1) is 11.8 Å². The van der Waals surface area contributed by atoms with Gasteiger partial charge in [0, 0.05) is 7.05 Å². The van der Waals surface area contributed by atoms with E-state index < -0.39 is 12.1 Å². The number of hydrogen-bond acceptors (Lipinski definition) is 4. The van der Waals surface area contributed by atoms with Gasteiger partial charge in [0.1, 0.15) is 6.04 Å². The van der Waals surface area contributed by atoms with Gasteiger partial charge in [-0.1, -0.05) is 27.7 Å². The zero-order valence-electron chi connectivity index (χ0n) is 13.6. The molecule has 0 saturated carbocycles. The van der Waals surface area contributed by atoms with Crippen LogP contribution < -0.4 is 0 Å². The van der Waals surface area contributed by atoms with Gasteiger partial charge in [-0.2, -0.15) is 0 Å². The first-order chi connectivity index (χ1) is 9.31. The van der Waals surface area contributed by atoms with Gasteiger partial charge >= 0.3 is 12.1 Å². The minimum atomic E-state index is -0.604. The molecule has 0 aromatic carbocycles. The van der Waals surface area contributed by atoms with Gasteiger partial charge in [0.05, 0.1) is 13.2 Å². The summed E-state index contributed by atoms with van der Waals surface area (Å²) in [6.07, 6.45) is 1.37. The van der Waals surface area contributed by atoms with Crippen molar-refractivity contribution in [3.63, 3.8) is 0 Å². The fourth-order valence-electron chi connectivity index (χ4n) is 1.97.